The number of hydrogen-bond acceptors (Lipinski definition) is 4. The van der Waals surface area contributed by atoms with Crippen LogP contribution in [0.25, 0.3) is 0 Å². The van der Waals surface area contributed by atoms with E-state index in [1.54, 1.807) is 0 Å². The number of halogens is 1. The first-order valence-corrected chi connectivity index (χ1v) is 11.9. The van der Waals surface area contributed by atoms with Crippen LogP contribution in [-0.2, 0) is 0 Å². The lowest BCUT2D eigenvalue weighted by molar-refractivity contribution is 0.0925. The quantitative estimate of drug-likeness (QED) is 0.570. The molecule has 2 heterocycles. The van der Waals surface area contributed by atoms with Crippen molar-refractivity contribution in [1.82, 2.24) is 10.2 Å². The number of nitrogens with zero attached hydrogens (tertiary/aromatic N) is 3. The number of carbonyl (C=O) groups excluding carboxylic acids is 1. The van der Waals surface area contributed by atoms with Crippen LogP contribution >= 0.6 is 15.9 Å². The molecule has 1 atom stereocenters. The number of piperazine rings is 1. The van der Waals surface area contributed by atoms with Crippen molar-refractivity contribution in [2.24, 2.45) is 0 Å². The summed E-state index contributed by atoms with van der Waals surface area (Å²) in [5.74, 6) is -0.0127. The van der Waals surface area contributed by atoms with E-state index in [0.717, 1.165) is 60.6 Å². The predicted octanol–water partition coefficient (Wildman–Crippen LogP) is 4.52. The van der Waals surface area contributed by atoms with Crippen molar-refractivity contribution in [1.29, 1.82) is 0 Å². The Morgan fingerprint density at radius 2 is 1.50 bits per heavy atom. The summed E-state index contributed by atoms with van der Waals surface area (Å²) in [6.45, 7) is 5.96. The van der Waals surface area contributed by atoms with Crippen molar-refractivity contribution >= 4 is 33.2 Å². The van der Waals surface area contributed by atoms with Gasteiger partial charge in [-0.1, -0.05) is 58.4 Å². The second kappa shape index (κ2) is 9.35. The number of carbonyl (C=O) groups is 1. The van der Waals surface area contributed by atoms with Crippen LogP contribution in [0.15, 0.2) is 83.3 Å². The summed E-state index contributed by atoms with van der Waals surface area (Å²) < 4.78 is 1.03. The average molecular weight is 491 g/mol. The fourth-order valence-corrected chi connectivity index (χ4v) is 4.87. The molecule has 5 nitrogen and oxygen atoms in total. The Bertz CT molecular complexity index is 1060. The van der Waals surface area contributed by atoms with Crippen LogP contribution in [0, 0.1) is 0 Å². The van der Waals surface area contributed by atoms with Gasteiger partial charge in [-0.15, -0.1) is 0 Å². The van der Waals surface area contributed by atoms with E-state index in [2.05, 4.69) is 84.5 Å². The van der Waals surface area contributed by atoms with Crippen molar-refractivity contribution in [3.05, 3.63) is 94.5 Å². The molecular weight excluding hydrogens is 464 g/mol. The van der Waals surface area contributed by atoms with Gasteiger partial charge in [0.05, 0.1) is 11.3 Å². The first-order valence-electron chi connectivity index (χ1n) is 11.1. The molecule has 1 unspecified atom stereocenters. The van der Waals surface area contributed by atoms with Gasteiger partial charge in [0.15, 0.2) is 0 Å². The molecule has 0 saturated carbocycles. The Morgan fingerprint density at radius 3 is 2.25 bits per heavy atom. The van der Waals surface area contributed by atoms with Gasteiger partial charge in [0.2, 0.25) is 0 Å². The van der Waals surface area contributed by atoms with Crippen molar-refractivity contribution < 1.29 is 4.79 Å². The summed E-state index contributed by atoms with van der Waals surface area (Å²) in [7, 11) is 0. The molecule has 1 amide bonds. The predicted molar refractivity (Wildman–Crippen MR) is 133 cm³/mol. The second-order valence-corrected chi connectivity index (χ2v) is 9.22. The summed E-state index contributed by atoms with van der Waals surface area (Å²) in [4.78, 5) is 20.1. The Kier molecular flexibility index (Phi) is 6.14. The molecule has 2 aliphatic rings. The Morgan fingerprint density at radius 1 is 0.812 bits per heavy atom. The maximum absolute atomic E-state index is 12.8. The lowest BCUT2D eigenvalue weighted by atomic mass is 10.0. The van der Waals surface area contributed by atoms with Crippen molar-refractivity contribution in [3.63, 3.8) is 0 Å². The molecule has 2 aliphatic heterocycles. The number of anilines is 2. The normalized spacial score (nSPS) is 18.9. The van der Waals surface area contributed by atoms with Crippen LogP contribution in [0.3, 0.4) is 0 Å². The lowest BCUT2D eigenvalue weighted by Gasteiger charge is -2.41. The fourth-order valence-electron chi connectivity index (χ4n) is 4.61. The van der Waals surface area contributed by atoms with E-state index < -0.39 is 0 Å². The second-order valence-electron chi connectivity index (χ2n) is 8.30. The largest absolute Gasteiger partial charge is 0.369 e. The van der Waals surface area contributed by atoms with Gasteiger partial charge in [0, 0.05) is 49.4 Å². The maximum Gasteiger partial charge on any atom is 0.255 e. The van der Waals surface area contributed by atoms with Crippen molar-refractivity contribution in [2.75, 3.05) is 49.1 Å². The van der Waals surface area contributed by atoms with Gasteiger partial charge in [-0.3, -0.25) is 9.69 Å². The number of amides is 1. The molecule has 0 aliphatic carbocycles. The van der Waals surface area contributed by atoms with Crippen molar-refractivity contribution in [2.45, 2.75) is 6.17 Å². The number of hydrogen-bond donors (Lipinski definition) is 1. The van der Waals surface area contributed by atoms with Gasteiger partial charge < -0.3 is 15.1 Å². The first kappa shape index (κ1) is 21.0. The number of benzene rings is 3. The van der Waals surface area contributed by atoms with Crippen LogP contribution in [0.2, 0.25) is 0 Å². The highest BCUT2D eigenvalue weighted by atomic mass is 79.9. The van der Waals surface area contributed by atoms with Gasteiger partial charge >= 0.3 is 0 Å². The molecule has 0 bridgehead atoms. The molecule has 32 heavy (non-hydrogen) atoms. The van der Waals surface area contributed by atoms with E-state index in [1.807, 2.05) is 30.3 Å². The van der Waals surface area contributed by atoms with Gasteiger partial charge in [0.1, 0.15) is 6.17 Å². The number of nitrogens with one attached hydrogen (secondary N) is 1. The summed E-state index contributed by atoms with van der Waals surface area (Å²) in [5.41, 5.74) is 4.14. The summed E-state index contributed by atoms with van der Waals surface area (Å²) >= 11 is 3.52. The highest BCUT2D eigenvalue weighted by molar-refractivity contribution is 9.10. The molecule has 5 rings (SSSR count). The van der Waals surface area contributed by atoms with E-state index in [-0.39, 0.29) is 12.1 Å². The summed E-state index contributed by atoms with van der Waals surface area (Å²) in [5, 5.41) is 3.22. The summed E-state index contributed by atoms with van der Waals surface area (Å²) in [6, 6.07) is 26.8. The summed E-state index contributed by atoms with van der Waals surface area (Å²) in [6.07, 6.45) is -0.170. The zero-order chi connectivity index (χ0) is 21.9. The molecule has 3 aromatic rings. The number of para-hydroxylation sites is 2. The number of rotatable bonds is 5. The zero-order valence-electron chi connectivity index (χ0n) is 18.0. The SMILES string of the molecule is O=C1NC(c2ccc(Br)cc2)N(CCN2CCN(c3ccccc3)CC2)c2ccccc21. The third kappa shape index (κ3) is 4.38. The van der Waals surface area contributed by atoms with E-state index in [0.29, 0.717) is 0 Å². The minimum atomic E-state index is -0.170. The molecular formula is C26H27BrN4O. The fraction of sp³-hybridized carbons (Fsp3) is 0.269. The standard InChI is InChI=1S/C26H27BrN4O/c27-21-12-10-20(11-13-21)25-28-26(32)23-8-4-5-9-24(23)31(25)19-16-29-14-17-30(18-15-29)22-6-2-1-3-7-22/h1-13,25H,14-19H2,(H,28,32). The third-order valence-electron chi connectivity index (χ3n) is 6.37. The molecule has 164 valence electrons. The zero-order valence-corrected chi connectivity index (χ0v) is 19.5. The van der Waals surface area contributed by atoms with Crippen LogP contribution in [0.1, 0.15) is 22.1 Å². The number of fused-ring (bicyclic) bond motifs is 1. The van der Waals surface area contributed by atoms with E-state index in [4.69, 9.17) is 0 Å². The van der Waals surface area contributed by atoms with Crippen LogP contribution in [0.4, 0.5) is 11.4 Å². The molecule has 3 aromatic carbocycles. The van der Waals surface area contributed by atoms with E-state index in [1.165, 1.54) is 5.69 Å². The topological polar surface area (TPSA) is 38.8 Å². The van der Waals surface area contributed by atoms with E-state index >= 15 is 0 Å². The molecule has 1 saturated heterocycles. The molecule has 0 spiro atoms. The minimum Gasteiger partial charge on any atom is -0.369 e. The Balaban J connectivity index is 1.30. The first-order chi connectivity index (χ1) is 15.7. The average Bonchev–Trinajstić information content (AvgIpc) is 2.85. The smallest absolute Gasteiger partial charge is 0.255 e. The highest BCUT2D eigenvalue weighted by Crippen LogP contribution is 2.33. The minimum absolute atomic E-state index is 0.0127. The maximum atomic E-state index is 12.8. The van der Waals surface area contributed by atoms with Gasteiger partial charge in [-0.05, 0) is 42.0 Å². The molecule has 0 aromatic heterocycles. The third-order valence-corrected chi connectivity index (χ3v) is 6.90. The van der Waals surface area contributed by atoms with Crippen LogP contribution < -0.4 is 15.1 Å². The molecule has 6 heteroatoms. The van der Waals surface area contributed by atoms with Gasteiger partial charge in [-0.25, -0.2) is 0 Å². The molecule has 1 fully saturated rings. The monoisotopic (exact) mass is 490 g/mol. The Hall–Kier alpha value is -2.83. The highest BCUT2D eigenvalue weighted by Gasteiger charge is 2.32. The molecule has 0 radical (unpaired) electrons. The van der Waals surface area contributed by atoms with E-state index in [9.17, 15) is 4.79 Å². The van der Waals surface area contributed by atoms with Crippen LogP contribution in [-0.4, -0.2) is 50.1 Å². The van der Waals surface area contributed by atoms with Gasteiger partial charge in [-0.2, -0.15) is 0 Å². The van der Waals surface area contributed by atoms with Crippen LogP contribution in [0.5, 0.6) is 0 Å². The van der Waals surface area contributed by atoms with Gasteiger partial charge in [0.25, 0.3) is 5.91 Å². The van der Waals surface area contributed by atoms with Crippen molar-refractivity contribution in [3.8, 4) is 0 Å². The molecule has 1 N–H and O–H groups in total. The Labute approximate surface area is 197 Å². The lowest BCUT2D eigenvalue weighted by Crippen LogP contribution is -2.52.